The zero-order chi connectivity index (χ0) is 11.4. The summed E-state index contributed by atoms with van der Waals surface area (Å²) in [4.78, 5) is 3.01. The number of anilines is 1. The van der Waals surface area contributed by atoms with E-state index in [0.717, 1.165) is 11.4 Å². The first kappa shape index (κ1) is 10.8. The summed E-state index contributed by atoms with van der Waals surface area (Å²) in [7, 11) is 0. The second-order valence-corrected chi connectivity index (χ2v) is 4.15. The van der Waals surface area contributed by atoms with E-state index in [1.54, 1.807) is 6.92 Å². The first-order chi connectivity index (χ1) is 7.66. The normalized spacial score (nSPS) is 14.4. The van der Waals surface area contributed by atoms with Crippen LogP contribution in [0, 0.1) is 0 Å². The van der Waals surface area contributed by atoms with Crippen molar-refractivity contribution >= 4 is 5.82 Å². The zero-order valence-corrected chi connectivity index (χ0v) is 9.27. The quantitative estimate of drug-likeness (QED) is 0.687. The van der Waals surface area contributed by atoms with Crippen LogP contribution in [0.15, 0.2) is 48.7 Å². The molecule has 3 heteroatoms. The molecule has 0 aliphatic rings. The summed E-state index contributed by atoms with van der Waals surface area (Å²) in [6.07, 6.45) is 2.38. The Morgan fingerprint density at radius 2 is 1.94 bits per heavy atom. The summed E-state index contributed by atoms with van der Waals surface area (Å²) in [5.74, 6) is 0.820. The first-order valence-electron chi connectivity index (χ1n) is 5.34. The molecule has 0 saturated carbocycles. The molecule has 0 amide bonds. The van der Waals surface area contributed by atoms with Gasteiger partial charge in [0.05, 0.1) is 0 Å². The Kier molecular flexibility index (Phi) is 2.97. The third-order valence-electron chi connectivity index (χ3n) is 2.39. The summed E-state index contributed by atoms with van der Waals surface area (Å²) in [6.45, 7) is 1.76. The van der Waals surface area contributed by atoms with E-state index in [1.807, 2.05) is 48.7 Å². The summed E-state index contributed by atoms with van der Waals surface area (Å²) < 4.78 is 0. The molecule has 84 valence electrons. The molecule has 0 spiro atoms. The Morgan fingerprint density at radius 3 is 2.56 bits per heavy atom. The molecule has 1 unspecified atom stereocenters. The van der Waals surface area contributed by atoms with E-state index in [9.17, 15) is 5.11 Å². The topological polar surface area (TPSA) is 48.0 Å². The molecule has 0 saturated heterocycles. The summed E-state index contributed by atoms with van der Waals surface area (Å²) in [5, 5.41) is 13.3. The van der Waals surface area contributed by atoms with Crippen LogP contribution < -0.4 is 5.32 Å². The van der Waals surface area contributed by atoms with Gasteiger partial charge in [0.25, 0.3) is 0 Å². The Hall–Kier alpha value is -1.74. The number of rotatable bonds is 4. The molecule has 0 bridgehead atoms. The predicted octanol–water partition coefficient (Wildman–Crippen LogP) is 2.38. The lowest BCUT2D eigenvalue weighted by Gasteiger charge is -2.25. The van der Waals surface area contributed by atoms with Crippen LogP contribution in [0.2, 0.25) is 0 Å². The molecule has 0 fully saturated rings. The largest absolute Gasteiger partial charge is 0.371 e. The van der Waals surface area contributed by atoms with Crippen molar-refractivity contribution in [3.63, 3.8) is 0 Å². The second-order valence-electron chi connectivity index (χ2n) is 4.15. The molecule has 3 nitrogen and oxygen atoms in total. The number of aromatic amines is 1. The third kappa shape index (κ3) is 2.87. The van der Waals surface area contributed by atoms with Crippen molar-refractivity contribution in [1.29, 1.82) is 0 Å². The smallest absolute Gasteiger partial charge is 0.137 e. The van der Waals surface area contributed by atoms with E-state index in [0.29, 0.717) is 6.42 Å². The van der Waals surface area contributed by atoms with E-state index in [-0.39, 0.29) is 0 Å². The maximum absolute atomic E-state index is 10.2. The van der Waals surface area contributed by atoms with Crippen LogP contribution in [-0.4, -0.2) is 15.8 Å². The van der Waals surface area contributed by atoms with Crippen molar-refractivity contribution in [2.45, 2.75) is 19.1 Å². The van der Waals surface area contributed by atoms with Gasteiger partial charge in [0.15, 0.2) is 0 Å². The van der Waals surface area contributed by atoms with Crippen LogP contribution in [0.4, 0.5) is 5.82 Å². The van der Waals surface area contributed by atoms with Gasteiger partial charge in [0.2, 0.25) is 0 Å². The lowest BCUT2D eigenvalue weighted by Crippen LogP contribution is -2.36. The van der Waals surface area contributed by atoms with E-state index in [1.165, 1.54) is 0 Å². The molecule has 2 aromatic rings. The average molecular weight is 216 g/mol. The number of benzene rings is 1. The predicted molar refractivity (Wildman–Crippen MR) is 65.2 cm³/mol. The molecule has 1 heterocycles. The maximum atomic E-state index is 10.2. The molecule has 16 heavy (non-hydrogen) atoms. The van der Waals surface area contributed by atoms with Gasteiger partial charge in [0, 0.05) is 12.6 Å². The summed E-state index contributed by atoms with van der Waals surface area (Å²) in [6, 6.07) is 13.7. The van der Waals surface area contributed by atoms with Gasteiger partial charge in [-0.25, -0.2) is 0 Å². The molecule has 0 aliphatic heterocycles. The minimum Gasteiger partial charge on any atom is -0.371 e. The van der Waals surface area contributed by atoms with Crippen molar-refractivity contribution in [2.75, 3.05) is 5.32 Å². The van der Waals surface area contributed by atoms with Gasteiger partial charge in [-0.3, -0.25) is 0 Å². The lowest BCUT2D eigenvalue weighted by molar-refractivity contribution is 0.0904. The zero-order valence-electron chi connectivity index (χ0n) is 9.27. The molecule has 0 aliphatic carbocycles. The molecular formula is C13H16N2O. The minimum absolute atomic E-state index is 0.562. The molecule has 3 N–H and O–H groups in total. The van der Waals surface area contributed by atoms with Gasteiger partial charge in [-0.2, -0.15) is 0 Å². The molecule has 2 rings (SSSR count). The van der Waals surface area contributed by atoms with Crippen molar-refractivity contribution in [1.82, 2.24) is 4.98 Å². The monoisotopic (exact) mass is 216 g/mol. The number of H-pyrrole nitrogens is 1. The van der Waals surface area contributed by atoms with Gasteiger partial charge in [-0.1, -0.05) is 30.3 Å². The highest BCUT2D eigenvalue weighted by Crippen LogP contribution is 2.15. The van der Waals surface area contributed by atoms with Crippen LogP contribution in [0.5, 0.6) is 0 Å². The lowest BCUT2D eigenvalue weighted by atomic mass is 10.0. The van der Waals surface area contributed by atoms with Crippen molar-refractivity contribution in [3.05, 3.63) is 54.2 Å². The maximum Gasteiger partial charge on any atom is 0.137 e. The van der Waals surface area contributed by atoms with Crippen LogP contribution in [0.1, 0.15) is 12.5 Å². The molecule has 1 aromatic heterocycles. The molecular weight excluding hydrogens is 200 g/mol. The fourth-order valence-corrected chi connectivity index (χ4v) is 1.74. The highest BCUT2D eigenvalue weighted by molar-refractivity contribution is 5.37. The van der Waals surface area contributed by atoms with Crippen LogP contribution in [-0.2, 0) is 6.42 Å². The summed E-state index contributed by atoms with van der Waals surface area (Å²) >= 11 is 0. The Balaban J connectivity index is 2.03. The minimum atomic E-state index is -0.952. The van der Waals surface area contributed by atoms with Crippen molar-refractivity contribution in [2.24, 2.45) is 0 Å². The number of hydrogen-bond acceptors (Lipinski definition) is 2. The van der Waals surface area contributed by atoms with Crippen molar-refractivity contribution < 1.29 is 5.11 Å². The van der Waals surface area contributed by atoms with Gasteiger partial charge in [0.1, 0.15) is 11.5 Å². The van der Waals surface area contributed by atoms with Crippen LogP contribution >= 0.6 is 0 Å². The number of nitrogens with one attached hydrogen (secondary N) is 2. The number of hydrogen-bond donors (Lipinski definition) is 3. The van der Waals surface area contributed by atoms with Crippen molar-refractivity contribution in [3.8, 4) is 0 Å². The van der Waals surface area contributed by atoms with E-state index in [4.69, 9.17) is 0 Å². The van der Waals surface area contributed by atoms with E-state index in [2.05, 4.69) is 10.3 Å². The van der Waals surface area contributed by atoms with Gasteiger partial charge < -0.3 is 15.4 Å². The highest BCUT2D eigenvalue weighted by atomic mass is 16.3. The highest BCUT2D eigenvalue weighted by Gasteiger charge is 2.20. The number of aromatic nitrogens is 1. The van der Waals surface area contributed by atoms with Crippen LogP contribution in [0.25, 0.3) is 0 Å². The Morgan fingerprint density at radius 1 is 1.19 bits per heavy atom. The van der Waals surface area contributed by atoms with Gasteiger partial charge >= 0.3 is 0 Å². The van der Waals surface area contributed by atoms with E-state index >= 15 is 0 Å². The Labute approximate surface area is 95.1 Å². The third-order valence-corrected chi connectivity index (χ3v) is 2.39. The summed E-state index contributed by atoms with van der Waals surface area (Å²) in [5.41, 5.74) is 0.151. The molecule has 1 atom stereocenters. The average Bonchev–Trinajstić information content (AvgIpc) is 2.70. The van der Waals surface area contributed by atoms with Gasteiger partial charge in [-0.15, -0.1) is 0 Å². The SMILES string of the molecule is CC(O)(Cc1ccccc1)Nc1ccc[nH]1. The molecule has 0 radical (unpaired) electrons. The Bertz CT molecular complexity index is 420. The number of aliphatic hydroxyl groups is 1. The van der Waals surface area contributed by atoms with E-state index < -0.39 is 5.72 Å². The second kappa shape index (κ2) is 4.41. The molecule has 1 aromatic carbocycles. The first-order valence-corrected chi connectivity index (χ1v) is 5.34. The fourth-order valence-electron chi connectivity index (χ4n) is 1.74. The van der Waals surface area contributed by atoms with Crippen LogP contribution in [0.3, 0.4) is 0 Å². The fraction of sp³-hybridized carbons (Fsp3) is 0.231. The van der Waals surface area contributed by atoms with Gasteiger partial charge in [-0.05, 0) is 24.6 Å². The standard InChI is InChI=1S/C13H16N2O/c1-13(16,15-12-8-5-9-14-12)10-11-6-3-2-4-7-11/h2-9,14-16H,10H2,1H3.